The smallest absolute Gasteiger partial charge is 0.411 e. The number of hydrogen-bond donors (Lipinski definition) is 5. The maximum Gasteiger partial charge on any atom is 0.411 e. The number of aromatic nitrogens is 2. The third-order valence-electron chi connectivity index (χ3n) is 28.4. The third-order valence-corrected chi connectivity index (χ3v) is 28.4. The van der Waals surface area contributed by atoms with Gasteiger partial charge in [-0.25, -0.2) is 33.9 Å². The van der Waals surface area contributed by atoms with Gasteiger partial charge in [0.1, 0.15) is 65.0 Å². The number of hydrogen-bond acceptors (Lipinski definition) is 26. The highest BCUT2D eigenvalue weighted by Gasteiger charge is 2.67. The van der Waals surface area contributed by atoms with E-state index < -0.39 is 130 Å². The maximum atomic E-state index is 13.7. The zero-order chi connectivity index (χ0) is 104. The molecule has 776 valence electrons. The number of carboxylic acid groups (broad SMARTS) is 1. The van der Waals surface area contributed by atoms with Gasteiger partial charge in [-0.3, -0.25) is 48.1 Å². The summed E-state index contributed by atoms with van der Waals surface area (Å²) in [5.41, 5.74) is 0.885. The Morgan fingerprint density at radius 1 is 0.379 bits per heavy atom. The highest BCUT2D eigenvalue weighted by atomic mass is 16.6. The molecule has 37 nitrogen and oxygen atoms in total. The van der Waals surface area contributed by atoms with Crippen LogP contribution in [0.1, 0.15) is 180 Å². The Labute approximate surface area is 844 Å². The molecule has 0 saturated carbocycles. The van der Waals surface area contributed by atoms with E-state index >= 15 is 0 Å². The van der Waals surface area contributed by atoms with Gasteiger partial charge in [-0.1, -0.05) is 182 Å². The Kier molecular flexibility index (Phi) is 36.0. The molecule has 37 heteroatoms. The molecule has 0 aliphatic carbocycles. The van der Waals surface area contributed by atoms with Crippen LogP contribution in [0.25, 0.3) is 0 Å². The highest BCUT2D eigenvalue weighted by molar-refractivity contribution is 6.03. The molecule has 145 heavy (non-hydrogen) atoms. The number of carbonyl (C=O) groups is 14. The Bertz CT molecular complexity index is 5680. The van der Waals surface area contributed by atoms with Gasteiger partial charge in [0.2, 0.25) is 29.5 Å². The van der Waals surface area contributed by atoms with E-state index in [2.05, 4.69) is 20.6 Å². The third kappa shape index (κ3) is 24.9. The van der Waals surface area contributed by atoms with Crippen molar-refractivity contribution >= 4 is 83.1 Å². The van der Waals surface area contributed by atoms with Crippen molar-refractivity contribution in [3.8, 4) is 0 Å². The lowest BCUT2D eigenvalue weighted by atomic mass is 9.83. The van der Waals surface area contributed by atoms with Crippen LogP contribution in [0.5, 0.6) is 0 Å². The van der Waals surface area contributed by atoms with Gasteiger partial charge in [-0.2, -0.15) is 0 Å². The van der Waals surface area contributed by atoms with Crippen LogP contribution in [0.3, 0.4) is 0 Å². The summed E-state index contributed by atoms with van der Waals surface area (Å²) in [6.07, 6.45) is 5.82. The first-order chi connectivity index (χ1) is 69.3. The molecule has 17 rings (SSSR count). The summed E-state index contributed by atoms with van der Waals surface area (Å²) < 4.78 is 40.5. The van der Waals surface area contributed by atoms with Gasteiger partial charge in [-0.15, -0.1) is 0 Å². The van der Waals surface area contributed by atoms with Crippen molar-refractivity contribution in [3.05, 3.63) is 240 Å². The molecule has 11 heterocycles. The fourth-order valence-electron chi connectivity index (χ4n) is 21.0. The second-order valence-electron chi connectivity index (χ2n) is 39.7. The maximum absolute atomic E-state index is 13.7. The Morgan fingerprint density at radius 2 is 0.669 bits per heavy atom. The van der Waals surface area contributed by atoms with Crippen LogP contribution < -0.4 is 10.6 Å². The molecule has 15 atom stereocenters. The molecular weight excluding hydrogens is 1860 g/mol. The van der Waals surface area contributed by atoms with Gasteiger partial charge in [0, 0.05) is 65.9 Å². The molecule has 5 unspecified atom stereocenters. The van der Waals surface area contributed by atoms with Crippen molar-refractivity contribution in [2.75, 3.05) is 65.4 Å². The van der Waals surface area contributed by atoms with Gasteiger partial charge in [0.15, 0.2) is 24.2 Å². The molecule has 0 radical (unpaired) electrons. The molecule has 10 fully saturated rings. The van der Waals surface area contributed by atoms with Crippen molar-refractivity contribution in [1.29, 1.82) is 0 Å². The number of aliphatic hydroxyl groups excluding tert-OH is 2. The molecule has 10 saturated heterocycles. The zero-order valence-electron chi connectivity index (χ0n) is 84.3. The monoisotopic (exact) mass is 2000 g/mol. The number of amides is 10. The SMILES string of the molecule is CC(=O)N1CCCC12CN([C@H](C(=O)NCc1ncccn1)[C@@H](C)O)C2=O.CC(=O)N1CCCC12CN([C@H](C(=O)O)[C@@H](C)O)C2=O.CC(=O)N1CCCC12CN([C@H](C(=O)OCc1ccccc1)[C@@H](C)OCc1ccccc1)C2=O.C[C@@H](OCc1ccccc1)[C@@H](C(=O)OCc1ccccc1)N1CC2(CCCN2)C1=O.C[C@@H](OCc1ccccc1)[C@@H](C(=O)OCc1ccccc1)N1CC2(CCCN2C(=O)OC(C)(C)C)C1=O. The Morgan fingerprint density at radius 3 is 0.945 bits per heavy atom. The number of nitrogens with zero attached hydrogens (tertiary/aromatic N) is 11. The summed E-state index contributed by atoms with van der Waals surface area (Å²) in [6.45, 7) is 23.8. The van der Waals surface area contributed by atoms with Crippen LogP contribution in [-0.4, -0.2) is 312 Å². The number of nitrogens with one attached hydrogen (secondary N) is 2. The van der Waals surface area contributed by atoms with Gasteiger partial charge in [-0.05, 0) is 166 Å². The number of rotatable bonds is 32. The van der Waals surface area contributed by atoms with Crippen LogP contribution in [0, 0.1) is 0 Å². The Hall–Kier alpha value is -13.5. The molecule has 5 N–H and O–H groups in total. The van der Waals surface area contributed by atoms with Gasteiger partial charge < -0.3 is 98.3 Å². The van der Waals surface area contributed by atoms with Crippen LogP contribution in [0.15, 0.2) is 200 Å². The zero-order valence-corrected chi connectivity index (χ0v) is 84.3. The summed E-state index contributed by atoms with van der Waals surface area (Å²) in [6, 6.07) is 54.3. The van der Waals surface area contributed by atoms with E-state index in [1.54, 1.807) is 67.8 Å². The molecule has 1 aromatic heterocycles. The summed E-state index contributed by atoms with van der Waals surface area (Å²) in [7, 11) is 0. The minimum absolute atomic E-state index is 0.0307. The minimum atomic E-state index is -1.24. The lowest BCUT2D eigenvalue weighted by molar-refractivity contribution is -0.184. The molecule has 6 aromatic carbocycles. The Balaban J connectivity index is 0.000000154. The highest BCUT2D eigenvalue weighted by Crippen LogP contribution is 2.46. The number of benzene rings is 6. The minimum Gasteiger partial charge on any atom is -0.480 e. The number of carbonyl (C=O) groups excluding carboxylic acids is 13. The van der Waals surface area contributed by atoms with Crippen molar-refractivity contribution < 1.29 is 116 Å². The van der Waals surface area contributed by atoms with E-state index in [4.69, 9.17) is 38.3 Å². The molecule has 10 aliphatic rings. The number of esters is 3. The number of aliphatic carboxylic acids is 1. The lowest BCUT2D eigenvalue weighted by Gasteiger charge is -2.53. The van der Waals surface area contributed by atoms with Gasteiger partial charge in [0.05, 0.1) is 83.1 Å². The molecule has 10 aliphatic heterocycles. The number of β-lactam (4-membered cyclic amide) rings is 5. The predicted octanol–water partition coefficient (Wildman–Crippen LogP) is 8.02. The van der Waals surface area contributed by atoms with Crippen molar-refractivity contribution in [3.63, 3.8) is 0 Å². The average molecular weight is 2000 g/mol. The van der Waals surface area contributed by atoms with Crippen LogP contribution >= 0.6 is 0 Å². The summed E-state index contributed by atoms with van der Waals surface area (Å²) in [5.74, 6) is -4.30. The first kappa shape index (κ1) is 109. The van der Waals surface area contributed by atoms with Crippen LogP contribution in [0.2, 0.25) is 0 Å². The largest absolute Gasteiger partial charge is 0.480 e. The van der Waals surface area contributed by atoms with E-state index in [-0.39, 0.29) is 93.3 Å². The quantitative estimate of drug-likeness (QED) is 0.0151. The average Bonchev–Trinajstić information content (AvgIpc) is 1.59. The van der Waals surface area contributed by atoms with Crippen LogP contribution in [0.4, 0.5) is 4.79 Å². The first-order valence-corrected chi connectivity index (χ1v) is 49.7. The molecule has 7 aromatic rings. The van der Waals surface area contributed by atoms with E-state index in [1.807, 2.05) is 189 Å². The number of likely N-dealkylation sites (tertiary alicyclic amines) is 9. The summed E-state index contributed by atoms with van der Waals surface area (Å²) in [5, 5.41) is 34.6. The number of carboxylic acids is 1. The summed E-state index contributed by atoms with van der Waals surface area (Å²) >= 11 is 0. The fraction of sp³-hybridized carbons (Fsp3) is 0.500. The number of aliphatic hydroxyl groups is 2. The van der Waals surface area contributed by atoms with Gasteiger partial charge in [0.25, 0.3) is 23.6 Å². The van der Waals surface area contributed by atoms with E-state index in [0.717, 1.165) is 76.9 Å². The van der Waals surface area contributed by atoms with Crippen molar-refractivity contribution in [2.24, 2.45) is 0 Å². The van der Waals surface area contributed by atoms with Crippen molar-refractivity contribution in [2.45, 2.75) is 281 Å². The topological polar surface area (TPSA) is 443 Å². The van der Waals surface area contributed by atoms with Crippen molar-refractivity contribution in [1.82, 2.24) is 64.7 Å². The molecular formula is C108H135N13O24. The first-order valence-electron chi connectivity index (χ1n) is 49.7. The predicted molar refractivity (Wildman–Crippen MR) is 526 cm³/mol. The van der Waals surface area contributed by atoms with Gasteiger partial charge >= 0.3 is 30.0 Å². The second-order valence-corrected chi connectivity index (χ2v) is 39.7. The summed E-state index contributed by atoms with van der Waals surface area (Å²) in [4.78, 5) is 198. The lowest BCUT2D eigenvalue weighted by Crippen LogP contribution is -2.77. The van der Waals surface area contributed by atoms with E-state index in [0.29, 0.717) is 97.0 Å². The second kappa shape index (κ2) is 48.0. The standard InChI is InChI=1S/C29H36N2O6.C26H30N2O5.C24H28N2O4.C17H23N5O4.C12H18N2O5/c1-21(35-18-22-12-7-5-8-13-22)24(25(32)36-19-23-14-9-6-10-15-23)30-20-29(26(30)33)16-11-17-31(29)27(34)37-28(2,3)4;1-19(32-16-21-10-5-3-6-11-21)23(24(30)33-17-22-12-7-4-8-13-22)27-18-26(25(27)31)14-9-15-28(26)20(2)29;1-18(29-15-19-9-4-2-5-10-19)21(22(27)30-16-20-11-6-3-7-12-20)26-17-24(23(26)28)13-8-14-25-24;1-11(23)14(15(25)20-9-13-18-6-4-7-19-13)21-10-17(16(21)26)5-3-8-22(17)12(2)24;1-7(15)9(10(17)18)13-6-12(11(13)19)4-3-5-14(12)8(2)16/h5-10,12-15,21,24H,11,16-20H2,1-4H3;3-8,10-13,19,23H,9,14-18H2,1-2H3;2-7,9-12,18,21,25H,8,13-17H2,1H3;4,6-7,11,14,23H,3,5,8-10H2,1-2H3,(H,20,25);7,9,15H,3-6H2,1-2H3,(H,17,18)/t21-,24+,29?;19-,23+,26?;18-,21+,24?;11-,14+,17?;7-,9+,12?/m11111/s1. The fourth-order valence-corrected chi connectivity index (χ4v) is 21.0. The normalized spacial score (nSPS) is 23.1. The molecule has 5 spiro atoms. The van der Waals surface area contributed by atoms with E-state index in [1.165, 1.54) is 59.1 Å². The van der Waals surface area contributed by atoms with Crippen LogP contribution in [-0.2, 0) is 142 Å². The molecule has 0 bridgehead atoms. The van der Waals surface area contributed by atoms with E-state index in [9.17, 15) is 77.3 Å². The molecule has 10 amide bonds. The number of ether oxygens (including phenoxy) is 7.